The van der Waals surface area contributed by atoms with E-state index in [0.29, 0.717) is 21.7 Å². The normalized spacial score (nSPS) is 13.4. The van der Waals surface area contributed by atoms with Crippen molar-refractivity contribution < 1.29 is 9.59 Å². The number of benzene rings is 1. The molecule has 4 heterocycles. The minimum Gasteiger partial charge on any atom is -0.275 e. The number of H-pyrrole nitrogens is 1. The number of amides is 2. The first kappa shape index (κ1) is 16.9. The Labute approximate surface area is 167 Å². The van der Waals surface area contributed by atoms with Gasteiger partial charge in [0, 0.05) is 29.2 Å². The third-order valence-electron chi connectivity index (χ3n) is 4.53. The highest BCUT2D eigenvalue weighted by Gasteiger charge is 2.40. The molecule has 1 aromatic carbocycles. The molecule has 1 aliphatic heterocycles. The summed E-state index contributed by atoms with van der Waals surface area (Å²) in [6, 6.07) is 8.18. The monoisotopic (exact) mass is 409 g/mol. The molecule has 28 heavy (non-hydrogen) atoms. The number of fused-ring (bicyclic) bond motifs is 3. The molecule has 1 N–H and O–H groups in total. The standard InChI is InChI=1S/C19H9Cl2N5O2/c20-10-3-4-13(12(21)6-10)26-18(27)11-8-23-17-15(14(11)19(26)28)16(24-25-17)9-2-1-5-22-7-9/h1-8H,(H,23,24,25). The highest BCUT2D eigenvalue weighted by Crippen LogP contribution is 2.38. The molecule has 7 nitrogen and oxygen atoms in total. The van der Waals surface area contributed by atoms with Crippen molar-refractivity contribution in [2.45, 2.75) is 0 Å². The van der Waals surface area contributed by atoms with Gasteiger partial charge in [0.1, 0.15) is 0 Å². The van der Waals surface area contributed by atoms with Crippen LogP contribution in [0.15, 0.2) is 48.9 Å². The van der Waals surface area contributed by atoms with Crippen LogP contribution in [0.4, 0.5) is 5.69 Å². The van der Waals surface area contributed by atoms with Crippen LogP contribution >= 0.6 is 23.2 Å². The van der Waals surface area contributed by atoms with E-state index >= 15 is 0 Å². The first-order chi connectivity index (χ1) is 13.6. The molecule has 0 saturated heterocycles. The van der Waals surface area contributed by atoms with Gasteiger partial charge in [-0.1, -0.05) is 23.2 Å². The Balaban J connectivity index is 1.75. The lowest BCUT2D eigenvalue weighted by Gasteiger charge is -2.15. The van der Waals surface area contributed by atoms with E-state index < -0.39 is 11.8 Å². The fraction of sp³-hybridized carbons (Fsp3) is 0. The van der Waals surface area contributed by atoms with Crippen molar-refractivity contribution in [3.8, 4) is 11.3 Å². The van der Waals surface area contributed by atoms with Crippen LogP contribution in [0.2, 0.25) is 10.0 Å². The van der Waals surface area contributed by atoms with Gasteiger partial charge < -0.3 is 0 Å². The van der Waals surface area contributed by atoms with Crippen LogP contribution in [0.1, 0.15) is 20.7 Å². The summed E-state index contributed by atoms with van der Waals surface area (Å²) in [4.78, 5) is 35.6. The molecule has 0 bridgehead atoms. The van der Waals surface area contributed by atoms with E-state index in [-0.39, 0.29) is 21.8 Å². The average Bonchev–Trinajstić information content (AvgIpc) is 3.23. The highest BCUT2D eigenvalue weighted by molar-refractivity contribution is 6.42. The molecule has 0 atom stereocenters. The molecule has 1 aliphatic rings. The van der Waals surface area contributed by atoms with Crippen LogP contribution in [0.25, 0.3) is 22.3 Å². The fourth-order valence-corrected chi connectivity index (χ4v) is 3.79. The van der Waals surface area contributed by atoms with Crippen molar-refractivity contribution in [1.29, 1.82) is 0 Å². The Bertz CT molecular complexity index is 1290. The van der Waals surface area contributed by atoms with Crippen LogP contribution < -0.4 is 4.90 Å². The van der Waals surface area contributed by atoms with E-state index in [4.69, 9.17) is 23.2 Å². The van der Waals surface area contributed by atoms with Gasteiger partial charge in [-0.2, -0.15) is 5.10 Å². The van der Waals surface area contributed by atoms with Gasteiger partial charge in [0.05, 0.1) is 32.9 Å². The summed E-state index contributed by atoms with van der Waals surface area (Å²) < 4.78 is 0. The maximum atomic E-state index is 13.3. The van der Waals surface area contributed by atoms with Gasteiger partial charge in [-0.25, -0.2) is 9.88 Å². The third-order valence-corrected chi connectivity index (χ3v) is 5.07. The number of imide groups is 1. The Kier molecular flexibility index (Phi) is 3.68. The Hall–Kier alpha value is -3.29. The number of halogens is 2. The third kappa shape index (κ3) is 2.33. The molecule has 0 fully saturated rings. The molecule has 9 heteroatoms. The zero-order valence-corrected chi connectivity index (χ0v) is 15.5. The van der Waals surface area contributed by atoms with E-state index in [2.05, 4.69) is 20.2 Å². The molecule has 5 rings (SSSR count). The lowest BCUT2D eigenvalue weighted by molar-refractivity contribution is 0.0926. The molecule has 2 amide bonds. The van der Waals surface area contributed by atoms with E-state index in [9.17, 15) is 9.59 Å². The largest absolute Gasteiger partial charge is 0.275 e. The number of carbonyl (C=O) groups is 2. The van der Waals surface area contributed by atoms with Gasteiger partial charge in [-0.15, -0.1) is 0 Å². The molecular formula is C19H9Cl2N5O2. The second kappa shape index (κ2) is 6.12. The lowest BCUT2D eigenvalue weighted by Crippen LogP contribution is -2.29. The average molecular weight is 410 g/mol. The van der Waals surface area contributed by atoms with Gasteiger partial charge in [-0.3, -0.25) is 19.7 Å². The SMILES string of the molecule is O=C1c2cnc3n[nH]c(-c4cccnc4)c3c2C(=O)N1c1ccc(Cl)cc1Cl. The number of aromatic nitrogens is 4. The zero-order chi connectivity index (χ0) is 19.4. The van der Waals surface area contributed by atoms with Gasteiger partial charge >= 0.3 is 0 Å². The van der Waals surface area contributed by atoms with Crippen LogP contribution in [0.5, 0.6) is 0 Å². The van der Waals surface area contributed by atoms with Gasteiger partial charge in [0.2, 0.25) is 0 Å². The number of rotatable bonds is 2. The van der Waals surface area contributed by atoms with Gasteiger partial charge in [-0.05, 0) is 30.3 Å². The second-order valence-electron chi connectivity index (χ2n) is 6.13. The first-order valence-electron chi connectivity index (χ1n) is 8.17. The maximum absolute atomic E-state index is 13.3. The molecule has 3 aromatic heterocycles. The summed E-state index contributed by atoms with van der Waals surface area (Å²) in [6.45, 7) is 0. The predicted octanol–water partition coefficient (Wildman–Crippen LogP) is 4.13. The van der Waals surface area contributed by atoms with Crippen LogP contribution in [-0.2, 0) is 0 Å². The predicted molar refractivity (Wildman–Crippen MR) is 105 cm³/mol. The number of nitrogens with one attached hydrogen (secondary N) is 1. The number of nitrogens with zero attached hydrogens (tertiary/aromatic N) is 4. The molecule has 0 aliphatic carbocycles. The maximum Gasteiger partial charge on any atom is 0.267 e. The lowest BCUT2D eigenvalue weighted by atomic mass is 10.0. The Morgan fingerprint density at radius 1 is 1.04 bits per heavy atom. The number of pyridine rings is 2. The minimum atomic E-state index is -0.503. The van der Waals surface area contributed by atoms with Crippen molar-refractivity contribution in [2.24, 2.45) is 0 Å². The summed E-state index contributed by atoms with van der Waals surface area (Å²) in [6.07, 6.45) is 4.64. The van der Waals surface area contributed by atoms with Crippen molar-refractivity contribution in [3.63, 3.8) is 0 Å². The van der Waals surface area contributed by atoms with E-state index in [1.807, 2.05) is 6.07 Å². The van der Waals surface area contributed by atoms with Crippen molar-refractivity contribution in [3.05, 3.63) is 70.1 Å². The number of carbonyl (C=O) groups excluding carboxylic acids is 2. The molecule has 136 valence electrons. The van der Waals surface area contributed by atoms with Crippen LogP contribution in [-0.4, -0.2) is 32.0 Å². The summed E-state index contributed by atoms with van der Waals surface area (Å²) in [5.74, 6) is -1.000. The number of anilines is 1. The fourth-order valence-electron chi connectivity index (χ4n) is 3.30. The van der Waals surface area contributed by atoms with Gasteiger partial charge in [0.25, 0.3) is 11.8 Å². The van der Waals surface area contributed by atoms with Gasteiger partial charge in [0.15, 0.2) is 5.65 Å². The van der Waals surface area contributed by atoms with E-state index in [0.717, 1.165) is 10.5 Å². The van der Waals surface area contributed by atoms with Crippen LogP contribution in [0.3, 0.4) is 0 Å². The number of hydrogen-bond acceptors (Lipinski definition) is 5. The minimum absolute atomic E-state index is 0.190. The van der Waals surface area contributed by atoms with Crippen molar-refractivity contribution in [2.75, 3.05) is 4.90 Å². The summed E-state index contributed by atoms with van der Waals surface area (Å²) >= 11 is 12.2. The number of aromatic amines is 1. The second-order valence-corrected chi connectivity index (χ2v) is 6.97. The molecule has 4 aromatic rings. The van der Waals surface area contributed by atoms with Crippen molar-refractivity contribution in [1.82, 2.24) is 20.2 Å². The quantitative estimate of drug-likeness (QED) is 0.502. The molecule has 0 radical (unpaired) electrons. The van der Waals surface area contributed by atoms with Crippen LogP contribution in [0, 0.1) is 0 Å². The van der Waals surface area contributed by atoms with Crippen molar-refractivity contribution >= 4 is 51.7 Å². The Morgan fingerprint density at radius 2 is 1.89 bits per heavy atom. The molecular weight excluding hydrogens is 401 g/mol. The Morgan fingerprint density at radius 3 is 2.64 bits per heavy atom. The summed E-state index contributed by atoms with van der Waals surface area (Å²) in [5, 5.41) is 8.13. The van der Waals surface area contributed by atoms with E-state index in [1.54, 1.807) is 24.5 Å². The smallest absolute Gasteiger partial charge is 0.267 e. The molecule has 0 unspecified atom stereocenters. The molecule has 0 saturated carbocycles. The summed E-state index contributed by atoms with van der Waals surface area (Å²) in [5.41, 5.74) is 2.31. The summed E-state index contributed by atoms with van der Waals surface area (Å²) in [7, 11) is 0. The molecule has 0 spiro atoms. The first-order valence-corrected chi connectivity index (χ1v) is 8.93. The highest BCUT2D eigenvalue weighted by atomic mass is 35.5. The number of hydrogen-bond donors (Lipinski definition) is 1. The van der Waals surface area contributed by atoms with E-state index in [1.165, 1.54) is 18.3 Å². The zero-order valence-electron chi connectivity index (χ0n) is 14.0. The topological polar surface area (TPSA) is 91.8 Å².